The molecule has 0 spiro atoms. The van der Waals surface area contributed by atoms with Crippen molar-refractivity contribution in [1.82, 2.24) is 24.4 Å². The zero-order valence-electron chi connectivity index (χ0n) is 20.4. The minimum absolute atomic E-state index is 0.222. The van der Waals surface area contributed by atoms with Crippen LogP contribution in [0, 0.1) is 0 Å². The molecule has 2 aromatic heterocycles. The first-order valence-corrected chi connectivity index (χ1v) is 12.1. The van der Waals surface area contributed by atoms with Crippen LogP contribution in [-0.4, -0.2) is 30.5 Å². The largest absolute Gasteiger partial charge is 0.378 e. The Morgan fingerprint density at radius 2 is 1.91 bits per heavy atom. The molecule has 0 aliphatic carbocycles. The van der Waals surface area contributed by atoms with Crippen LogP contribution in [0.5, 0.6) is 0 Å². The minimum Gasteiger partial charge on any atom is -0.378 e. The number of hydrogen-bond donors (Lipinski definition) is 3. The first-order valence-electron chi connectivity index (χ1n) is 11.7. The molecular weight excluding hydrogens is 456 g/mol. The van der Waals surface area contributed by atoms with Gasteiger partial charge in [0, 0.05) is 24.3 Å². The number of nitrogens with zero attached hydrogens (tertiary/aromatic N) is 3. The van der Waals surface area contributed by atoms with Crippen LogP contribution in [0.25, 0.3) is 11.2 Å². The Morgan fingerprint density at radius 1 is 1.18 bits per heavy atom. The van der Waals surface area contributed by atoms with Gasteiger partial charge in [-0.2, -0.15) is 0 Å². The number of carbonyl (C=O) groups excluding carboxylic acids is 1. The van der Waals surface area contributed by atoms with Crippen LogP contribution in [0.15, 0.2) is 27.8 Å². The van der Waals surface area contributed by atoms with E-state index in [9.17, 15) is 14.4 Å². The maximum atomic E-state index is 12.6. The van der Waals surface area contributed by atoms with Crippen LogP contribution in [-0.2, 0) is 19.6 Å². The lowest BCUT2D eigenvalue weighted by Gasteiger charge is -2.24. The second kappa shape index (κ2) is 10.5. The number of amides is 1. The summed E-state index contributed by atoms with van der Waals surface area (Å²) in [6.07, 6.45) is 2.52. The van der Waals surface area contributed by atoms with Crippen LogP contribution in [0.1, 0.15) is 70.1 Å². The van der Waals surface area contributed by atoms with Crippen LogP contribution >= 0.6 is 11.6 Å². The zero-order chi connectivity index (χ0) is 25.0. The molecular formula is C24H33ClN6O3. The van der Waals surface area contributed by atoms with E-state index < -0.39 is 11.2 Å². The van der Waals surface area contributed by atoms with E-state index in [1.807, 2.05) is 34.6 Å². The molecule has 34 heavy (non-hydrogen) atoms. The van der Waals surface area contributed by atoms with Gasteiger partial charge in [-0.3, -0.25) is 19.1 Å². The summed E-state index contributed by atoms with van der Waals surface area (Å²) in [4.78, 5) is 44.6. The van der Waals surface area contributed by atoms with Crippen molar-refractivity contribution < 1.29 is 4.79 Å². The van der Waals surface area contributed by atoms with E-state index in [-0.39, 0.29) is 11.4 Å². The third-order valence-corrected chi connectivity index (χ3v) is 6.33. The summed E-state index contributed by atoms with van der Waals surface area (Å²) in [7, 11) is 0. The fourth-order valence-electron chi connectivity index (χ4n) is 3.67. The maximum Gasteiger partial charge on any atom is 0.330 e. The molecule has 0 saturated heterocycles. The number of halogens is 1. The highest BCUT2D eigenvalue weighted by Crippen LogP contribution is 2.23. The Kier molecular flexibility index (Phi) is 7.86. The Hall–Kier alpha value is -3.07. The van der Waals surface area contributed by atoms with Crippen LogP contribution in [0.3, 0.4) is 0 Å². The molecule has 1 amide bonds. The number of H-pyrrole nitrogens is 1. The molecule has 9 nitrogen and oxygen atoms in total. The van der Waals surface area contributed by atoms with E-state index in [4.69, 9.17) is 11.6 Å². The molecule has 0 aliphatic heterocycles. The van der Waals surface area contributed by atoms with Crippen molar-refractivity contribution in [3.05, 3.63) is 55.4 Å². The molecule has 0 fully saturated rings. The molecule has 3 rings (SSSR count). The molecule has 2 heterocycles. The normalized spacial score (nSPS) is 11.7. The van der Waals surface area contributed by atoms with Crippen LogP contribution in [0.2, 0.25) is 5.02 Å². The highest BCUT2D eigenvalue weighted by atomic mass is 35.5. The number of anilines is 1. The number of aryl methyl sites for hydroxylation is 2. The van der Waals surface area contributed by atoms with Gasteiger partial charge in [0.25, 0.3) is 11.5 Å². The lowest BCUT2D eigenvalue weighted by atomic mass is 10.0. The average Bonchev–Trinajstić information content (AvgIpc) is 3.16. The summed E-state index contributed by atoms with van der Waals surface area (Å²) in [6.45, 7) is 11.2. The number of hydrogen-bond acceptors (Lipinski definition) is 5. The van der Waals surface area contributed by atoms with Gasteiger partial charge in [-0.1, -0.05) is 31.9 Å². The molecule has 0 radical (unpaired) electrons. The van der Waals surface area contributed by atoms with Crippen molar-refractivity contribution in [2.75, 3.05) is 5.32 Å². The van der Waals surface area contributed by atoms with Crippen molar-refractivity contribution >= 4 is 34.4 Å². The van der Waals surface area contributed by atoms with Crippen LogP contribution < -0.4 is 21.9 Å². The number of aromatic nitrogens is 4. The lowest BCUT2D eigenvalue weighted by molar-refractivity contribution is 0.0911. The molecule has 3 aromatic rings. The van der Waals surface area contributed by atoms with Crippen molar-refractivity contribution in [1.29, 1.82) is 0 Å². The van der Waals surface area contributed by atoms with Gasteiger partial charge in [-0.15, -0.1) is 0 Å². The molecule has 0 saturated carbocycles. The van der Waals surface area contributed by atoms with Crippen molar-refractivity contribution in [3.63, 3.8) is 0 Å². The second-order valence-corrected chi connectivity index (χ2v) is 9.36. The highest BCUT2D eigenvalue weighted by Gasteiger charge is 2.21. The fourth-order valence-corrected chi connectivity index (χ4v) is 3.94. The molecule has 3 N–H and O–H groups in total. The van der Waals surface area contributed by atoms with Gasteiger partial charge in [0.05, 0.1) is 17.1 Å². The van der Waals surface area contributed by atoms with E-state index in [0.717, 1.165) is 19.3 Å². The topological polar surface area (TPSA) is 114 Å². The van der Waals surface area contributed by atoms with Crippen molar-refractivity contribution in [3.8, 4) is 0 Å². The molecule has 0 unspecified atom stereocenters. The summed E-state index contributed by atoms with van der Waals surface area (Å²) < 4.78 is 3.33. The number of fused-ring (bicyclic) bond motifs is 1. The van der Waals surface area contributed by atoms with Gasteiger partial charge in [0.2, 0.25) is 0 Å². The molecule has 0 bridgehead atoms. The van der Waals surface area contributed by atoms with E-state index >= 15 is 0 Å². The molecule has 0 atom stereocenters. The first-order chi connectivity index (χ1) is 16.1. The molecule has 0 aliphatic rings. The summed E-state index contributed by atoms with van der Waals surface area (Å²) in [5.74, 6) is 0.405. The quantitative estimate of drug-likeness (QED) is 0.400. The Labute approximate surface area is 203 Å². The first kappa shape index (κ1) is 25.6. The lowest BCUT2D eigenvalue weighted by Crippen LogP contribution is -2.42. The summed E-state index contributed by atoms with van der Waals surface area (Å²) in [5, 5.41) is 6.58. The van der Waals surface area contributed by atoms with E-state index in [2.05, 4.69) is 20.6 Å². The Balaban J connectivity index is 1.87. The van der Waals surface area contributed by atoms with Crippen LogP contribution in [0.4, 0.5) is 5.69 Å². The van der Waals surface area contributed by atoms with Gasteiger partial charge < -0.3 is 15.2 Å². The van der Waals surface area contributed by atoms with Gasteiger partial charge in [-0.25, -0.2) is 9.78 Å². The minimum atomic E-state index is -0.446. The monoisotopic (exact) mass is 488 g/mol. The zero-order valence-corrected chi connectivity index (χ0v) is 21.2. The van der Waals surface area contributed by atoms with Crippen molar-refractivity contribution in [2.45, 2.75) is 79.1 Å². The molecule has 184 valence electrons. The number of carbonyl (C=O) groups is 1. The predicted molar refractivity (Wildman–Crippen MR) is 136 cm³/mol. The highest BCUT2D eigenvalue weighted by molar-refractivity contribution is 6.34. The summed E-state index contributed by atoms with van der Waals surface area (Å²) in [5.41, 5.74) is 0.680. The standard InChI is InChI=1S/C24H33ClN6O3/c1-6-9-12-31-20-19(22(33)28-23(31)34)30(8-3)18(27-20)14-26-15-10-11-16(17(25)13-15)21(32)29-24(4,5)7-2/h10-11,13,26H,6-9,12,14H2,1-5H3,(H,29,32)(H,28,33,34). The molecule has 1 aromatic carbocycles. The number of unbranched alkanes of at least 4 members (excludes halogenated alkanes) is 1. The predicted octanol–water partition coefficient (Wildman–Crippen LogP) is 3.89. The number of nitrogens with one attached hydrogen (secondary N) is 3. The fraction of sp³-hybridized carbons (Fsp3) is 0.500. The smallest absolute Gasteiger partial charge is 0.330 e. The third kappa shape index (κ3) is 5.35. The Morgan fingerprint density at radius 3 is 2.53 bits per heavy atom. The summed E-state index contributed by atoms with van der Waals surface area (Å²) >= 11 is 6.40. The Bertz CT molecular complexity index is 1300. The van der Waals surface area contributed by atoms with Crippen molar-refractivity contribution in [2.24, 2.45) is 0 Å². The average molecular weight is 489 g/mol. The SMILES string of the molecule is CCCCn1c(=O)[nH]c(=O)c2c1nc(CNc1ccc(C(=O)NC(C)(C)CC)c(Cl)c1)n2CC. The second-order valence-electron chi connectivity index (χ2n) is 8.95. The summed E-state index contributed by atoms with van der Waals surface area (Å²) in [6, 6.07) is 5.16. The van der Waals surface area contributed by atoms with Gasteiger partial charge in [-0.05, 0) is 51.8 Å². The number of benzene rings is 1. The van der Waals surface area contributed by atoms with E-state index in [0.29, 0.717) is 52.9 Å². The number of aromatic amines is 1. The van der Waals surface area contributed by atoms with E-state index in [1.165, 1.54) is 4.57 Å². The van der Waals surface area contributed by atoms with Gasteiger partial charge in [0.1, 0.15) is 5.82 Å². The van der Waals surface area contributed by atoms with E-state index in [1.54, 1.807) is 22.8 Å². The third-order valence-electron chi connectivity index (χ3n) is 6.02. The maximum absolute atomic E-state index is 12.6. The van der Waals surface area contributed by atoms with Gasteiger partial charge in [0.15, 0.2) is 11.2 Å². The van der Waals surface area contributed by atoms with Gasteiger partial charge >= 0.3 is 5.69 Å². The number of rotatable bonds is 10. The number of imidazole rings is 1. The molecule has 10 heteroatoms.